The fraction of sp³-hybridized carbons (Fsp3) is 0.133. The van der Waals surface area contributed by atoms with E-state index in [0.29, 0.717) is 5.56 Å². The van der Waals surface area contributed by atoms with Crippen LogP contribution in [-0.4, -0.2) is 5.24 Å². The van der Waals surface area contributed by atoms with Gasteiger partial charge in [-0.2, -0.15) is 0 Å². The van der Waals surface area contributed by atoms with Gasteiger partial charge in [0.25, 0.3) is 5.24 Å². The topological polar surface area (TPSA) is 17.1 Å². The normalized spacial score (nSPS) is 10.3. The summed E-state index contributed by atoms with van der Waals surface area (Å²) in [4.78, 5) is 10.9. The highest BCUT2D eigenvalue weighted by molar-refractivity contribution is 6.67. The lowest BCUT2D eigenvalue weighted by molar-refractivity contribution is 0.108. The fourth-order valence-corrected chi connectivity index (χ4v) is 1.99. The van der Waals surface area contributed by atoms with Crippen molar-refractivity contribution in [1.29, 1.82) is 0 Å². The maximum atomic E-state index is 10.9. The van der Waals surface area contributed by atoms with Crippen LogP contribution in [-0.2, 0) is 12.8 Å². The smallest absolute Gasteiger partial charge is 0.252 e. The van der Waals surface area contributed by atoms with Crippen molar-refractivity contribution in [2.75, 3.05) is 0 Å². The van der Waals surface area contributed by atoms with E-state index >= 15 is 0 Å². The van der Waals surface area contributed by atoms with Crippen LogP contribution in [0.25, 0.3) is 0 Å². The Kier molecular flexibility index (Phi) is 4.40. The van der Waals surface area contributed by atoms with Gasteiger partial charge in [-0.25, -0.2) is 0 Å². The summed E-state index contributed by atoms with van der Waals surface area (Å²) in [6.07, 6.45) is 1.88. The van der Waals surface area contributed by atoms with E-state index in [2.05, 4.69) is 0 Å². The first-order chi connectivity index (χ1) is 8.65. The Hall–Kier alpha value is -1.31. The molecule has 0 aliphatic heterocycles. The summed E-state index contributed by atoms with van der Waals surface area (Å²) in [7, 11) is 0. The van der Waals surface area contributed by atoms with Gasteiger partial charge in [-0.05, 0) is 59.8 Å². The highest BCUT2D eigenvalue weighted by Gasteiger charge is 2.01. The van der Waals surface area contributed by atoms with E-state index in [1.807, 2.05) is 36.4 Å². The maximum Gasteiger partial charge on any atom is 0.252 e. The minimum absolute atomic E-state index is 0.417. The molecular weight excluding hydrogens is 267 g/mol. The van der Waals surface area contributed by atoms with Crippen LogP contribution in [0, 0.1) is 0 Å². The van der Waals surface area contributed by atoms with Gasteiger partial charge in [0.15, 0.2) is 0 Å². The highest BCUT2D eigenvalue weighted by Crippen LogP contribution is 2.13. The average Bonchev–Trinajstić information content (AvgIpc) is 2.38. The number of benzene rings is 2. The van der Waals surface area contributed by atoms with E-state index in [-0.39, 0.29) is 0 Å². The summed E-state index contributed by atoms with van der Waals surface area (Å²) in [5.74, 6) is 0. The number of aryl methyl sites for hydroxylation is 2. The molecule has 1 nitrogen and oxygen atoms in total. The van der Waals surface area contributed by atoms with Crippen molar-refractivity contribution < 1.29 is 4.79 Å². The number of carbonyl (C=O) groups is 1. The molecule has 0 fully saturated rings. The summed E-state index contributed by atoms with van der Waals surface area (Å²) < 4.78 is 0. The largest absolute Gasteiger partial charge is 0.276 e. The van der Waals surface area contributed by atoms with Crippen LogP contribution in [0.1, 0.15) is 21.5 Å². The van der Waals surface area contributed by atoms with Gasteiger partial charge < -0.3 is 0 Å². The Morgan fingerprint density at radius 3 is 1.72 bits per heavy atom. The lowest BCUT2D eigenvalue weighted by Crippen LogP contribution is -1.93. The van der Waals surface area contributed by atoms with E-state index in [1.165, 1.54) is 11.1 Å². The van der Waals surface area contributed by atoms with Crippen LogP contribution in [0.5, 0.6) is 0 Å². The SMILES string of the molecule is O=C(Cl)c1ccc(CCc2ccc(Cl)cc2)cc1. The summed E-state index contributed by atoms with van der Waals surface area (Å²) in [6.45, 7) is 0. The summed E-state index contributed by atoms with van der Waals surface area (Å²) in [6, 6.07) is 15.2. The van der Waals surface area contributed by atoms with Crippen molar-refractivity contribution in [2.24, 2.45) is 0 Å². The molecule has 2 aromatic carbocycles. The molecule has 18 heavy (non-hydrogen) atoms. The molecule has 0 amide bonds. The summed E-state index contributed by atoms with van der Waals surface area (Å²) in [5.41, 5.74) is 2.97. The fourth-order valence-electron chi connectivity index (χ4n) is 1.74. The third-order valence-corrected chi connectivity index (χ3v) is 3.27. The molecule has 0 aliphatic carbocycles. The lowest BCUT2D eigenvalue weighted by atomic mass is 10.0. The first kappa shape index (κ1) is 13.1. The molecule has 92 valence electrons. The Balaban J connectivity index is 1.97. The average molecular weight is 279 g/mol. The van der Waals surface area contributed by atoms with Crippen LogP contribution < -0.4 is 0 Å². The van der Waals surface area contributed by atoms with Crippen molar-refractivity contribution in [2.45, 2.75) is 12.8 Å². The summed E-state index contributed by atoms with van der Waals surface area (Å²) >= 11 is 11.2. The molecule has 0 aromatic heterocycles. The van der Waals surface area contributed by atoms with Gasteiger partial charge in [0, 0.05) is 10.6 Å². The number of carbonyl (C=O) groups excluding carboxylic acids is 1. The number of hydrogen-bond donors (Lipinski definition) is 0. The molecule has 0 heterocycles. The minimum atomic E-state index is -0.417. The quantitative estimate of drug-likeness (QED) is 0.753. The molecule has 0 radical (unpaired) electrons. The van der Waals surface area contributed by atoms with Crippen LogP contribution in [0.3, 0.4) is 0 Å². The Labute approximate surface area is 116 Å². The van der Waals surface area contributed by atoms with E-state index in [1.54, 1.807) is 12.1 Å². The van der Waals surface area contributed by atoms with Gasteiger partial charge >= 0.3 is 0 Å². The molecule has 0 saturated carbocycles. The van der Waals surface area contributed by atoms with Gasteiger partial charge in [-0.15, -0.1) is 0 Å². The maximum absolute atomic E-state index is 10.9. The third-order valence-electron chi connectivity index (χ3n) is 2.80. The van der Waals surface area contributed by atoms with Crippen molar-refractivity contribution >= 4 is 28.4 Å². The predicted molar refractivity (Wildman–Crippen MR) is 75.5 cm³/mol. The Bertz CT molecular complexity index is 529. The lowest BCUT2D eigenvalue weighted by Gasteiger charge is -2.03. The van der Waals surface area contributed by atoms with Gasteiger partial charge in [0.2, 0.25) is 0 Å². The standard InChI is InChI=1S/C15H12Cl2O/c16-14-9-5-12(6-10-14)2-1-11-3-7-13(8-4-11)15(17)18/h3-10H,1-2H2. The van der Waals surface area contributed by atoms with Gasteiger partial charge in [0.1, 0.15) is 0 Å². The second kappa shape index (κ2) is 6.03. The molecule has 0 spiro atoms. The second-order valence-electron chi connectivity index (χ2n) is 4.10. The Morgan fingerprint density at radius 2 is 1.28 bits per heavy atom. The van der Waals surface area contributed by atoms with E-state index in [9.17, 15) is 4.79 Å². The monoisotopic (exact) mass is 278 g/mol. The number of hydrogen-bond acceptors (Lipinski definition) is 1. The molecule has 0 unspecified atom stereocenters. The molecule has 0 saturated heterocycles. The zero-order valence-electron chi connectivity index (χ0n) is 9.70. The first-order valence-electron chi connectivity index (χ1n) is 5.68. The van der Waals surface area contributed by atoms with E-state index in [0.717, 1.165) is 17.9 Å². The van der Waals surface area contributed by atoms with Crippen LogP contribution >= 0.6 is 23.2 Å². The van der Waals surface area contributed by atoms with Crippen molar-refractivity contribution in [3.05, 3.63) is 70.2 Å². The van der Waals surface area contributed by atoms with E-state index in [4.69, 9.17) is 23.2 Å². The zero-order chi connectivity index (χ0) is 13.0. The zero-order valence-corrected chi connectivity index (χ0v) is 11.2. The van der Waals surface area contributed by atoms with Gasteiger partial charge in [-0.1, -0.05) is 35.9 Å². The number of halogens is 2. The van der Waals surface area contributed by atoms with Crippen molar-refractivity contribution in [1.82, 2.24) is 0 Å². The molecule has 0 atom stereocenters. The number of rotatable bonds is 4. The predicted octanol–water partition coefficient (Wildman–Crippen LogP) is 4.50. The third kappa shape index (κ3) is 3.59. The highest BCUT2D eigenvalue weighted by atomic mass is 35.5. The summed E-state index contributed by atoms with van der Waals surface area (Å²) in [5, 5.41) is 0.336. The molecule has 0 aliphatic rings. The Morgan fingerprint density at radius 1 is 0.833 bits per heavy atom. The molecular formula is C15H12Cl2O. The van der Waals surface area contributed by atoms with Crippen LogP contribution in [0.4, 0.5) is 0 Å². The van der Waals surface area contributed by atoms with E-state index < -0.39 is 5.24 Å². The van der Waals surface area contributed by atoms with Gasteiger partial charge in [-0.3, -0.25) is 4.79 Å². The van der Waals surface area contributed by atoms with Gasteiger partial charge in [0.05, 0.1) is 0 Å². The van der Waals surface area contributed by atoms with Crippen LogP contribution in [0.2, 0.25) is 5.02 Å². The van der Waals surface area contributed by atoms with Crippen LogP contribution in [0.15, 0.2) is 48.5 Å². The first-order valence-corrected chi connectivity index (χ1v) is 6.44. The molecule has 2 aromatic rings. The van der Waals surface area contributed by atoms with Crippen molar-refractivity contribution in [3.8, 4) is 0 Å². The molecule has 2 rings (SSSR count). The minimum Gasteiger partial charge on any atom is -0.276 e. The molecule has 0 N–H and O–H groups in total. The second-order valence-corrected chi connectivity index (χ2v) is 4.88. The molecule has 0 bridgehead atoms. The van der Waals surface area contributed by atoms with Crippen molar-refractivity contribution in [3.63, 3.8) is 0 Å². The molecule has 3 heteroatoms.